The Morgan fingerprint density at radius 3 is 2.21 bits per heavy atom. The molecule has 5 rings (SSSR count). The van der Waals surface area contributed by atoms with Crippen molar-refractivity contribution in [2.24, 2.45) is 0 Å². The van der Waals surface area contributed by atoms with Crippen molar-refractivity contribution in [2.75, 3.05) is 31.1 Å². The number of anilines is 1. The van der Waals surface area contributed by atoms with Gasteiger partial charge in [-0.15, -0.1) is 0 Å². The van der Waals surface area contributed by atoms with E-state index in [1.165, 1.54) is 10.3 Å². The molecular formula is C31H35N5O3. The van der Waals surface area contributed by atoms with Crippen molar-refractivity contribution in [3.63, 3.8) is 0 Å². The van der Waals surface area contributed by atoms with E-state index in [0.29, 0.717) is 43.6 Å². The molecule has 0 atom stereocenters. The summed E-state index contributed by atoms with van der Waals surface area (Å²) < 4.78 is 3.01. The molecule has 1 saturated heterocycles. The van der Waals surface area contributed by atoms with E-state index in [2.05, 4.69) is 22.0 Å². The van der Waals surface area contributed by atoms with Gasteiger partial charge in [-0.25, -0.2) is 4.79 Å². The second-order valence-electron chi connectivity index (χ2n) is 9.94. The highest BCUT2D eigenvalue weighted by Gasteiger charge is 2.20. The summed E-state index contributed by atoms with van der Waals surface area (Å²) >= 11 is 0. The monoisotopic (exact) mass is 525 g/mol. The number of amides is 1. The zero-order valence-corrected chi connectivity index (χ0v) is 22.6. The predicted octanol–water partition coefficient (Wildman–Crippen LogP) is 4.34. The average Bonchev–Trinajstić information content (AvgIpc) is 3.43. The first-order chi connectivity index (χ1) is 19.0. The van der Waals surface area contributed by atoms with Gasteiger partial charge in [0.15, 0.2) is 0 Å². The molecule has 0 saturated carbocycles. The van der Waals surface area contributed by atoms with E-state index in [-0.39, 0.29) is 17.2 Å². The topological polar surface area (TPSA) is 83.3 Å². The average molecular weight is 526 g/mol. The van der Waals surface area contributed by atoms with Crippen LogP contribution in [0.5, 0.6) is 0 Å². The molecule has 0 aliphatic carbocycles. The lowest BCUT2D eigenvalue weighted by Gasteiger charge is -2.35. The Balaban J connectivity index is 1.29. The van der Waals surface area contributed by atoms with E-state index >= 15 is 0 Å². The largest absolute Gasteiger partial charge is 0.368 e. The fourth-order valence-electron chi connectivity index (χ4n) is 5.18. The van der Waals surface area contributed by atoms with Gasteiger partial charge in [-0.3, -0.25) is 18.7 Å². The number of nitrogens with one attached hydrogen (secondary N) is 1. The number of nitrogens with zero attached hydrogens (tertiary/aromatic N) is 4. The normalized spacial score (nSPS) is 14.0. The SMILES string of the molecule is CCCn1c(=O)c2[nH]c(-c3ccc(/C=C/C(=O)N4CCN(c5ccccc5)CC4)cc3)cc2n(CCC)c1=O. The number of H-pyrrole nitrogens is 1. The van der Waals surface area contributed by atoms with Crippen LogP contribution in [0.3, 0.4) is 0 Å². The number of hydrogen-bond acceptors (Lipinski definition) is 4. The van der Waals surface area contributed by atoms with Gasteiger partial charge in [0.25, 0.3) is 5.56 Å². The Hall–Kier alpha value is -4.33. The van der Waals surface area contributed by atoms with Crippen LogP contribution < -0.4 is 16.1 Å². The minimum absolute atomic E-state index is 0.0136. The Labute approximate surface area is 227 Å². The predicted molar refractivity (Wildman–Crippen MR) is 157 cm³/mol. The van der Waals surface area contributed by atoms with E-state index in [9.17, 15) is 14.4 Å². The molecule has 1 fully saturated rings. The van der Waals surface area contributed by atoms with Gasteiger partial charge in [-0.2, -0.15) is 0 Å². The number of piperazine rings is 1. The smallest absolute Gasteiger partial charge is 0.331 e. The molecule has 202 valence electrons. The molecular weight excluding hydrogens is 490 g/mol. The van der Waals surface area contributed by atoms with Gasteiger partial charge >= 0.3 is 5.69 Å². The van der Waals surface area contributed by atoms with Gasteiger partial charge < -0.3 is 14.8 Å². The summed E-state index contributed by atoms with van der Waals surface area (Å²) in [6, 6.07) is 20.0. The first kappa shape index (κ1) is 26.3. The number of carbonyl (C=O) groups excluding carboxylic acids is 1. The van der Waals surface area contributed by atoms with Crippen LogP contribution >= 0.6 is 0 Å². The Morgan fingerprint density at radius 2 is 1.54 bits per heavy atom. The molecule has 1 N–H and O–H groups in total. The lowest BCUT2D eigenvalue weighted by molar-refractivity contribution is -0.126. The summed E-state index contributed by atoms with van der Waals surface area (Å²) in [4.78, 5) is 46.2. The van der Waals surface area contributed by atoms with Crippen LogP contribution in [0.4, 0.5) is 5.69 Å². The fraction of sp³-hybridized carbons (Fsp3) is 0.323. The molecule has 2 aromatic carbocycles. The Kier molecular flexibility index (Phi) is 7.81. The second kappa shape index (κ2) is 11.6. The third kappa shape index (κ3) is 5.46. The number of aryl methyl sites for hydroxylation is 1. The maximum atomic E-state index is 13.0. The van der Waals surface area contributed by atoms with E-state index in [0.717, 1.165) is 36.3 Å². The number of aromatic amines is 1. The molecule has 4 aromatic rings. The van der Waals surface area contributed by atoms with Crippen molar-refractivity contribution in [1.82, 2.24) is 19.0 Å². The van der Waals surface area contributed by atoms with E-state index in [4.69, 9.17) is 0 Å². The first-order valence-corrected chi connectivity index (χ1v) is 13.7. The van der Waals surface area contributed by atoms with Gasteiger partial charge in [-0.1, -0.05) is 56.3 Å². The minimum atomic E-state index is -0.280. The van der Waals surface area contributed by atoms with Crippen molar-refractivity contribution in [3.05, 3.63) is 93.1 Å². The van der Waals surface area contributed by atoms with Crippen LogP contribution in [0.15, 0.2) is 76.3 Å². The third-order valence-electron chi connectivity index (χ3n) is 7.26. The van der Waals surface area contributed by atoms with Crippen LogP contribution in [0.25, 0.3) is 28.4 Å². The maximum absolute atomic E-state index is 13.0. The molecule has 0 spiro atoms. The van der Waals surface area contributed by atoms with Gasteiger partial charge in [0.1, 0.15) is 5.52 Å². The quantitative estimate of drug-likeness (QED) is 0.347. The summed E-state index contributed by atoms with van der Waals surface area (Å²) in [5.41, 5.74) is 4.35. The highest BCUT2D eigenvalue weighted by atomic mass is 16.2. The van der Waals surface area contributed by atoms with E-state index in [1.807, 2.05) is 73.4 Å². The maximum Gasteiger partial charge on any atom is 0.331 e. The number of benzene rings is 2. The Morgan fingerprint density at radius 1 is 0.872 bits per heavy atom. The summed E-state index contributed by atoms with van der Waals surface area (Å²) in [6.07, 6.45) is 4.98. The standard InChI is InChI=1S/C31H35N5O3/c1-3-16-35-27-22-26(32-29(27)30(38)36(17-4-2)31(35)39)24-13-10-23(11-14-24)12-15-28(37)34-20-18-33(19-21-34)25-8-6-5-7-9-25/h5-15,22,32H,3-4,16-21H2,1-2H3/b15-12+. The molecule has 0 radical (unpaired) electrons. The molecule has 8 heteroatoms. The molecule has 1 amide bonds. The van der Waals surface area contributed by atoms with E-state index in [1.54, 1.807) is 10.6 Å². The number of rotatable bonds is 8. The lowest BCUT2D eigenvalue weighted by atomic mass is 10.1. The minimum Gasteiger partial charge on any atom is -0.368 e. The molecule has 0 unspecified atom stereocenters. The summed E-state index contributed by atoms with van der Waals surface area (Å²) in [6.45, 7) is 7.94. The number of carbonyl (C=O) groups is 1. The third-order valence-corrected chi connectivity index (χ3v) is 7.26. The van der Waals surface area contributed by atoms with Crippen molar-refractivity contribution in [1.29, 1.82) is 0 Å². The van der Waals surface area contributed by atoms with Gasteiger partial charge in [0.2, 0.25) is 5.91 Å². The number of fused-ring (bicyclic) bond motifs is 1. The van der Waals surface area contributed by atoms with Gasteiger partial charge in [0.05, 0.1) is 5.52 Å². The van der Waals surface area contributed by atoms with Gasteiger partial charge in [0, 0.05) is 56.7 Å². The zero-order valence-electron chi connectivity index (χ0n) is 22.6. The summed E-state index contributed by atoms with van der Waals surface area (Å²) in [5, 5.41) is 0. The number of hydrogen-bond donors (Lipinski definition) is 1. The van der Waals surface area contributed by atoms with Crippen molar-refractivity contribution >= 4 is 28.7 Å². The van der Waals surface area contributed by atoms with Crippen LogP contribution in [0.1, 0.15) is 32.3 Å². The molecule has 2 aromatic heterocycles. The zero-order chi connectivity index (χ0) is 27.4. The molecule has 1 aliphatic rings. The molecule has 1 aliphatic heterocycles. The fourth-order valence-corrected chi connectivity index (χ4v) is 5.18. The number of para-hydroxylation sites is 1. The van der Waals surface area contributed by atoms with Crippen molar-refractivity contribution < 1.29 is 4.79 Å². The van der Waals surface area contributed by atoms with Crippen LogP contribution in [-0.4, -0.2) is 51.1 Å². The van der Waals surface area contributed by atoms with Crippen LogP contribution in [-0.2, 0) is 17.9 Å². The highest BCUT2D eigenvalue weighted by Crippen LogP contribution is 2.23. The van der Waals surface area contributed by atoms with E-state index < -0.39 is 0 Å². The Bertz CT molecular complexity index is 1590. The summed E-state index contributed by atoms with van der Waals surface area (Å²) in [7, 11) is 0. The lowest BCUT2D eigenvalue weighted by Crippen LogP contribution is -2.48. The van der Waals surface area contributed by atoms with Crippen molar-refractivity contribution in [2.45, 2.75) is 39.8 Å². The molecule has 3 heterocycles. The highest BCUT2D eigenvalue weighted by molar-refractivity contribution is 5.92. The van der Waals surface area contributed by atoms with Gasteiger partial charge in [-0.05, 0) is 48.2 Å². The molecule has 39 heavy (non-hydrogen) atoms. The van der Waals surface area contributed by atoms with Crippen molar-refractivity contribution in [3.8, 4) is 11.3 Å². The molecule has 8 nitrogen and oxygen atoms in total. The number of aromatic nitrogens is 3. The molecule has 0 bridgehead atoms. The van der Waals surface area contributed by atoms with Crippen LogP contribution in [0, 0.1) is 0 Å². The summed E-state index contributed by atoms with van der Waals surface area (Å²) in [5.74, 6) is 0.0136. The first-order valence-electron chi connectivity index (χ1n) is 13.7. The van der Waals surface area contributed by atoms with Crippen LogP contribution in [0.2, 0.25) is 0 Å². The second-order valence-corrected chi connectivity index (χ2v) is 9.94.